The zero-order chi connectivity index (χ0) is 10.3. The smallest absolute Gasteiger partial charge is 0.309 e. The molecule has 0 aliphatic carbocycles. The summed E-state index contributed by atoms with van der Waals surface area (Å²) in [5.41, 5.74) is 0. The normalized spacial score (nSPS) is 11.9. The van der Waals surface area contributed by atoms with Gasteiger partial charge in [-0.2, -0.15) is 0 Å². The molecule has 4 nitrogen and oxygen atoms in total. The SMILES string of the molecule is CCOC(=O)C[C@H](CCl)OC(C)=O. The Morgan fingerprint density at radius 3 is 2.46 bits per heavy atom. The summed E-state index contributed by atoms with van der Waals surface area (Å²) in [7, 11) is 0. The monoisotopic (exact) mass is 208 g/mol. The van der Waals surface area contributed by atoms with E-state index in [1.165, 1.54) is 6.92 Å². The quantitative estimate of drug-likeness (QED) is 0.502. The van der Waals surface area contributed by atoms with Gasteiger partial charge in [0.1, 0.15) is 6.10 Å². The van der Waals surface area contributed by atoms with Crippen molar-refractivity contribution in [3.63, 3.8) is 0 Å². The lowest BCUT2D eigenvalue weighted by Gasteiger charge is -2.12. The van der Waals surface area contributed by atoms with E-state index in [-0.39, 0.29) is 12.3 Å². The second-order valence-corrected chi connectivity index (χ2v) is 2.70. The van der Waals surface area contributed by atoms with Gasteiger partial charge in [-0.3, -0.25) is 9.59 Å². The fraction of sp³-hybridized carbons (Fsp3) is 0.750. The molecule has 0 N–H and O–H groups in total. The van der Waals surface area contributed by atoms with E-state index in [1.807, 2.05) is 0 Å². The van der Waals surface area contributed by atoms with Gasteiger partial charge in [-0.15, -0.1) is 11.6 Å². The van der Waals surface area contributed by atoms with E-state index in [0.717, 1.165) is 0 Å². The Morgan fingerprint density at radius 1 is 1.46 bits per heavy atom. The van der Waals surface area contributed by atoms with Crippen LogP contribution in [0, 0.1) is 0 Å². The largest absolute Gasteiger partial charge is 0.466 e. The first-order chi connectivity index (χ1) is 6.10. The molecule has 0 aromatic heterocycles. The standard InChI is InChI=1S/C8H13ClO4/c1-3-12-8(11)4-7(5-9)13-6(2)10/h7H,3-5H2,1-2H3/t7-/m1/s1. The van der Waals surface area contributed by atoms with Gasteiger partial charge in [-0.1, -0.05) is 0 Å². The van der Waals surface area contributed by atoms with Crippen LogP contribution < -0.4 is 0 Å². The van der Waals surface area contributed by atoms with Crippen molar-refractivity contribution in [1.82, 2.24) is 0 Å². The van der Waals surface area contributed by atoms with Gasteiger partial charge in [0.2, 0.25) is 0 Å². The van der Waals surface area contributed by atoms with Gasteiger partial charge in [0.25, 0.3) is 0 Å². The minimum atomic E-state index is -0.585. The molecule has 0 fully saturated rings. The highest BCUT2D eigenvalue weighted by Gasteiger charge is 2.16. The molecule has 0 aliphatic rings. The Kier molecular flexibility index (Phi) is 6.32. The van der Waals surface area contributed by atoms with Gasteiger partial charge in [0.15, 0.2) is 0 Å². The summed E-state index contributed by atoms with van der Waals surface area (Å²) < 4.78 is 9.41. The molecule has 5 heteroatoms. The number of hydrogen-bond acceptors (Lipinski definition) is 4. The second-order valence-electron chi connectivity index (χ2n) is 2.39. The predicted octanol–water partition coefficient (Wildman–Crippen LogP) is 1.11. The highest BCUT2D eigenvalue weighted by atomic mass is 35.5. The maximum Gasteiger partial charge on any atom is 0.309 e. The van der Waals surface area contributed by atoms with Crippen molar-refractivity contribution < 1.29 is 19.1 Å². The number of alkyl halides is 1. The van der Waals surface area contributed by atoms with Crippen molar-refractivity contribution in [3.05, 3.63) is 0 Å². The van der Waals surface area contributed by atoms with E-state index in [4.69, 9.17) is 16.3 Å². The minimum Gasteiger partial charge on any atom is -0.466 e. The lowest BCUT2D eigenvalue weighted by atomic mass is 10.3. The molecule has 0 spiro atoms. The summed E-state index contributed by atoms with van der Waals surface area (Å²) >= 11 is 5.47. The molecule has 1 atom stereocenters. The number of ether oxygens (including phenoxy) is 2. The van der Waals surface area contributed by atoms with Crippen molar-refractivity contribution in [2.75, 3.05) is 12.5 Å². The van der Waals surface area contributed by atoms with Gasteiger partial charge in [-0.05, 0) is 6.92 Å². The lowest BCUT2D eigenvalue weighted by molar-refractivity contribution is -0.152. The maximum absolute atomic E-state index is 10.9. The molecule has 0 radical (unpaired) electrons. The minimum absolute atomic E-state index is 0.0108. The number of hydrogen-bond donors (Lipinski definition) is 0. The molecular weight excluding hydrogens is 196 g/mol. The summed E-state index contributed by atoms with van der Waals surface area (Å²) in [5, 5.41) is 0. The molecule has 76 valence electrons. The summed E-state index contributed by atoms with van der Waals surface area (Å²) in [4.78, 5) is 21.4. The van der Waals surface area contributed by atoms with Crippen LogP contribution in [0.3, 0.4) is 0 Å². The Bertz CT molecular complexity index is 181. The fourth-order valence-electron chi connectivity index (χ4n) is 0.768. The average Bonchev–Trinajstić information content (AvgIpc) is 2.02. The van der Waals surface area contributed by atoms with Crippen LogP contribution in [-0.2, 0) is 19.1 Å². The van der Waals surface area contributed by atoms with Crippen molar-refractivity contribution >= 4 is 23.5 Å². The maximum atomic E-state index is 10.9. The molecule has 0 aromatic carbocycles. The lowest BCUT2D eigenvalue weighted by Crippen LogP contribution is -2.23. The van der Waals surface area contributed by atoms with Gasteiger partial charge in [0, 0.05) is 6.92 Å². The van der Waals surface area contributed by atoms with E-state index in [1.54, 1.807) is 6.92 Å². The molecule has 0 bridgehead atoms. The van der Waals surface area contributed by atoms with E-state index in [0.29, 0.717) is 6.61 Å². The van der Waals surface area contributed by atoms with Crippen LogP contribution in [0.15, 0.2) is 0 Å². The first kappa shape index (κ1) is 12.2. The first-order valence-electron chi connectivity index (χ1n) is 3.99. The molecule has 0 unspecified atom stereocenters. The van der Waals surface area contributed by atoms with Gasteiger partial charge in [-0.25, -0.2) is 0 Å². The summed E-state index contributed by atoms with van der Waals surface area (Å²) in [6.45, 7) is 3.29. The Balaban J connectivity index is 3.83. The average molecular weight is 209 g/mol. The van der Waals surface area contributed by atoms with Crippen LogP contribution in [0.1, 0.15) is 20.3 Å². The van der Waals surface area contributed by atoms with E-state index < -0.39 is 18.0 Å². The topological polar surface area (TPSA) is 52.6 Å². The second kappa shape index (κ2) is 6.71. The highest BCUT2D eigenvalue weighted by Crippen LogP contribution is 2.03. The molecule has 0 rings (SSSR count). The molecule has 0 aliphatic heterocycles. The van der Waals surface area contributed by atoms with E-state index in [9.17, 15) is 9.59 Å². The molecule has 0 aromatic rings. The molecule has 0 amide bonds. The van der Waals surface area contributed by atoms with Crippen LogP contribution in [0.2, 0.25) is 0 Å². The Labute approximate surface area is 82.1 Å². The van der Waals surface area contributed by atoms with Crippen LogP contribution in [0.5, 0.6) is 0 Å². The van der Waals surface area contributed by atoms with Crippen LogP contribution in [-0.4, -0.2) is 30.5 Å². The van der Waals surface area contributed by atoms with Crippen molar-refractivity contribution in [2.45, 2.75) is 26.4 Å². The molecule has 0 saturated heterocycles. The number of esters is 2. The van der Waals surface area contributed by atoms with E-state index >= 15 is 0 Å². The molecule has 0 saturated carbocycles. The predicted molar refractivity (Wildman–Crippen MR) is 47.5 cm³/mol. The zero-order valence-electron chi connectivity index (χ0n) is 7.71. The van der Waals surface area contributed by atoms with Gasteiger partial charge >= 0.3 is 11.9 Å². The fourth-order valence-corrected chi connectivity index (χ4v) is 0.940. The van der Waals surface area contributed by atoms with Crippen LogP contribution in [0.4, 0.5) is 0 Å². The number of halogens is 1. The van der Waals surface area contributed by atoms with Crippen LogP contribution >= 0.6 is 11.6 Å². The van der Waals surface area contributed by atoms with Crippen molar-refractivity contribution in [2.24, 2.45) is 0 Å². The Hall–Kier alpha value is -0.770. The van der Waals surface area contributed by atoms with Gasteiger partial charge < -0.3 is 9.47 Å². The van der Waals surface area contributed by atoms with Crippen molar-refractivity contribution in [3.8, 4) is 0 Å². The third-order valence-corrected chi connectivity index (χ3v) is 1.55. The summed E-state index contributed by atoms with van der Waals surface area (Å²) in [5.74, 6) is -0.761. The van der Waals surface area contributed by atoms with Gasteiger partial charge in [0.05, 0.1) is 18.9 Å². The van der Waals surface area contributed by atoms with Crippen LogP contribution in [0.25, 0.3) is 0 Å². The summed E-state index contributed by atoms with van der Waals surface area (Å²) in [6.07, 6.45) is -0.574. The zero-order valence-corrected chi connectivity index (χ0v) is 8.47. The van der Waals surface area contributed by atoms with Crippen molar-refractivity contribution in [1.29, 1.82) is 0 Å². The highest BCUT2D eigenvalue weighted by molar-refractivity contribution is 6.18. The molecular formula is C8H13ClO4. The summed E-state index contributed by atoms with van der Waals surface area (Å²) in [6, 6.07) is 0. The Morgan fingerprint density at radius 2 is 2.08 bits per heavy atom. The number of rotatable bonds is 5. The molecule has 13 heavy (non-hydrogen) atoms. The number of carbonyl (C=O) groups excluding carboxylic acids is 2. The number of carbonyl (C=O) groups is 2. The molecule has 0 heterocycles. The first-order valence-corrected chi connectivity index (χ1v) is 4.52. The third kappa shape index (κ3) is 6.40. The third-order valence-electron chi connectivity index (χ3n) is 1.20. The van der Waals surface area contributed by atoms with E-state index in [2.05, 4.69) is 4.74 Å².